The van der Waals surface area contributed by atoms with Gasteiger partial charge in [0, 0.05) is 6.07 Å². The molecule has 126 valence electrons. The van der Waals surface area contributed by atoms with E-state index in [0.29, 0.717) is 39.2 Å². The lowest BCUT2D eigenvalue weighted by Crippen LogP contribution is -2.14. The summed E-state index contributed by atoms with van der Waals surface area (Å²) in [4.78, 5) is 13.2. The Morgan fingerprint density at radius 1 is 1.08 bits per heavy atom. The van der Waals surface area contributed by atoms with Gasteiger partial charge >= 0.3 is 0 Å². The molecule has 2 atom stereocenters. The highest BCUT2D eigenvalue weighted by atomic mass is 16.7. The predicted molar refractivity (Wildman–Crippen MR) is 90.5 cm³/mol. The summed E-state index contributed by atoms with van der Waals surface area (Å²) in [5.41, 5.74) is 1.53. The standard InChI is InChI=1S/C19H14O6/c1-21-10-4-3-5-11-15(10)17(20)16-12(22-2)8-13-14(18(16)24-11)9-6-7-23-19(9)25-13/h3-9,19H,1-2H3/t9-,19+/m1/s1. The third-order valence-electron chi connectivity index (χ3n) is 4.71. The van der Waals surface area contributed by atoms with E-state index in [0.717, 1.165) is 5.56 Å². The molecule has 3 aromatic rings. The van der Waals surface area contributed by atoms with Crippen LogP contribution < -0.4 is 19.6 Å². The summed E-state index contributed by atoms with van der Waals surface area (Å²) in [6.07, 6.45) is 3.07. The fraction of sp³-hybridized carbons (Fsp3) is 0.211. The monoisotopic (exact) mass is 338 g/mol. The highest BCUT2D eigenvalue weighted by Gasteiger charge is 2.40. The summed E-state index contributed by atoms with van der Waals surface area (Å²) in [6, 6.07) is 6.98. The topological polar surface area (TPSA) is 67.1 Å². The smallest absolute Gasteiger partial charge is 0.250 e. The molecule has 2 aromatic carbocycles. The summed E-state index contributed by atoms with van der Waals surface area (Å²) >= 11 is 0. The van der Waals surface area contributed by atoms with E-state index in [1.165, 1.54) is 14.2 Å². The Kier molecular flexibility index (Phi) is 2.80. The first kappa shape index (κ1) is 14.2. The van der Waals surface area contributed by atoms with Crippen LogP contribution in [0.15, 0.2) is 45.8 Å². The van der Waals surface area contributed by atoms with Crippen LogP contribution in [0.3, 0.4) is 0 Å². The van der Waals surface area contributed by atoms with Crippen molar-refractivity contribution in [2.45, 2.75) is 12.2 Å². The van der Waals surface area contributed by atoms with Crippen molar-refractivity contribution >= 4 is 21.9 Å². The van der Waals surface area contributed by atoms with Crippen LogP contribution in [0.4, 0.5) is 0 Å². The first-order valence-corrected chi connectivity index (χ1v) is 7.86. The van der Waals surface area contributed by atoms with Gasteiger partial charge in [-0.25, -0.2) is 0 Å². The second-order valence-corrected chi connectivity index (χ2v) is 5.94. The van der Waals surface area contributed by atoms with Crippen LogP contribution >= 0.6 is 0 Å². The Hall–Kier alpha value is -3.15. The molecule has 6 nitrogen and oxygen atoms in total. The van der Waals surface area contributed by atoms with Gasteiger partial charge in [-0.3, -0.25) is 4.79 Å². The van der Waals surface area contributed by atoms with E-state index < -0.39 is 6.29 Å². The lowest BCUT2D eigenvalue weighted by Gasteiger charge is -2.12. The fourth-order valence-corrected chi connectivity index (χ4v) is 3.59. The Morgan fingerprint density at radius 2 is 1.92 bits per heavy atom. The second kappa shape index (κ2) is 4.92. The largest absolute Gasteiger partial charge is 0.496 e. The zero-order valence-electron chi connectivity index (χ0n) is 13.6. The van der Waals surface area contributed by atoms with Gasteiger partial charge in [0.15, 0.2) is 0 Å². The minimum absolute atomic E-state index is 0.116. The SMILES string of the molecule is COc1cccc2oc3c4c(cc(OC)c3c(=O)c12)O[C@@H]1OC=C[C@H]41. The molecule has 0 fully saturated rings. The molecule has 0 bridgehead atoms. The number of methoxy groups -OCH3 is 2. The molecule has 0 saturated heterocycles. The molecule has 0 aliphatic carbocycles. The van der Waals surface area contributed by atoms with Gasteiger partial charge in [-0.2, -0.15) is 0 Å². The number of fused-ring (bicyclic) bond motifs is 6. The minimum atomic E-state index is -0.434. The molecule has 5 rings (SSSR count). The molecule has 2 aliphatic heterocycles. The minimum Gasteiger partial charge on any atom is -0.496 e. The van der Waals surface area contributed by atoms with Gasteiger partial charge in [0.05, 0.1) is 32.0 Å². The lowest BCUT2D eigenvalue weighted by molar-refractivity contribution is -0.00484. The fourth-order valence-electron chi connectivity index (χ4n) is 3.59. The van der Waals surface area contributed by atoms with E-state index in [4.69, 9.17) is 23.4 Å². The van der Waals surface area contributed by atoms with E-state index in [1.54, 1.807) is 30.5 Å². The summed E-state index contributed by atoms with van der Waals surface area (Å²) < 4.78 is 28.2. The number of hydrogen-bond acceptors (Lipinski definition) is 6. The summed E-state index contributed by atoms with van der Waals surface area (Å²) in [5, 5.41) is 0.771. The molecule has 2 aliphatic rings. The van der Waals surface area contributed by atoms with Crippen molar-refractivity contribution in [2.24, 2.45) is 0 Å². The molecule has 25 heavy (non-hydrogen) atoms. The zero-order valence-corrected chi connectivity index (χ0v) is 13.6. The second-order valence-electron chi connectivity index (χ2n) is 5.94. The molecule has 1 aromatic heterocycles. The summed E-state index contributed by atoms with van der Waals surface area (Å²) in [6.45, 7) is 0. The van der Waals surface area contributed by atoms with Crippen LogP contribution in [0, 0.1) is 0 Å². The number of benzene rings is 2. The lowest BCUT2D eigenvalue weighted by atomic mass is 9.97. The van der Waals surface area contributed by atoms with Crippen LogP contribution in [0.1, 0.15) is 11.5 Å². The van der Waals surface area contributed by atoms with Crippen LogP contribution in [-0.4, -0.2) is 20.5 Å². The third-order valence-corrected chi connectivity index (χ3v) is 4.71. The maximum Gasteiger partial charge on any atom is 0.250 e. The van der Waals surface area contributed by atoms with Crippen molar-refractivity contribution in [1.29, 1.82) is 0 Å². The highest BCUT2D eigenvalue weighted by molar-refractivity contribution is 5.98. The number of rotatable bonds is 2. The van der Waals surface area contributed by atoms with Crippen molar-refractivity contribution < 1.29 is 23.4 Å². The molecule has 0 radical (unpaired) electrons. The van der Waals surface area contributed by atoms with Crippen molar-refractivity contribution in [3.8, 4) is 17.2 Å². The van der Waals surface area contributed by atoms with Crippen LogP contribution in [0.25, 0.3) is 21.9 Å². The van der Waals surface area contributed by atoms with Crippen molar-refractivity contribution in [3.63, 3.8) is 0 Å². The Morgan fingerprint density at radius 3 is 2.72 bits per heavy atom. The quantitative estimate of drug-likeness (QED) is 0.668. The van der Waals surface area contributed by atoms with E-state index in [1.807, 2.05) is 6.08 Å². The van der Waals surface area contributed by atoms with Crippen molar-refractivity contribution in [1.82, 2.24) is 0 Å². The predicted octanol–water partition coefficient (Wildman–Crippen LogP) is 3.31. The molecule has 0 unspecified atom stereocenters. The summed E-state index contributed by atoms with van der Waals surface area (Å²) in [5.74, 6) is 1.36. The van der Waals surface area contributed by atoms with E-state index in [9.17, 15) is 4.79 Å². The van der Waals surface area contributed by atoms with E-state index in [2.05, 4.69) is 0 Å². The molecular weight excluding hydrogens is 324 g/mol. The molecule has 6 heteroatoms. The van der Waals surface area contributed by atoms with Gasteiger partial charge in [-0.1, -0.05) is 6.07 Å². The maximum absolute atomic E-state index is 13.2. The van der Waals surface area contributed by atoms with Crippen LogP contribution in [0.2, 0.25) is 0 Å². The Balaban J connectivity index is 1.98. The first-order valence-electron chi connectivity index (χ1n) is 7.86. The highest BCUT2D eigenvalue weighted by Crippen LogP contribution is 2.48. The van der Waals surface area contributed by atoms with Gasteiger partial charge in [0.1, 0.15) is 39.2 Å². The average molecular weight is 338 g/mol. The Bertz CT molecular complexity index is 1110. The molecule has 0 saturated carbocycles. The van der Waals surface area contributed by atoms with Gasteiger partial charge in [0.25, 0.3) is 6.29 Å². The van der Waals surface area contributed by atoms with Gasteiger partial charge < -0.3 is 23.4 Å². The summed E-state index contributed by atoms with van der Waals surface area (Å²) in [7, 11) is 3.04. The molecule has 0 N–H and O–H groups in total. The van der Waals surface area contributed by atoms with E-state index in [-0.39, 0.29) is 11.3 Å². The van der Waals surface area contributed by atoms with Gasteiger partial charge in [-0.15, -0.1) is 0 Å². The molecule has 0 amide bonds. The average Bonchev–Trinajstić information content (AvgIpc) is 3.20. The first-order chi connectivity index (χ1) is 12.2. The van der Waals surface area contributed by atoms with Gasteiger partial charge in [-0.05, 0) is 18.2 Å². The van der Waals surface area contributed by atoms with Crippen LogP contribution in [-0.2, 0) is 4.74 Å². The maximum atomic E-state index is 13.2. The van der Waals surface area contributed by atoms with Crippen molar-refractivity contribution in [3.05, 3.63) is 52.4 Å². The molecular formula is C19H14O6. The van der Waals surface area contributed by atoms with Crippen molar-refractivity contribution in [2.75, 3.05) is 14.2 Å². The molecule has 3 heterocycles. The van der Waals surface area contributed by atoms with Gasteiger partial charge in [0.2, 0.25) is 5.43 Å². The number of ether oxygens (including phenoxy) is 4. The third kappa shape index (κ3) is 1.76. The van der Waals surface area contributed by atoms with Crippen LogP contribution in [0.5, 0.6) is 17.2 Å². The number of hydrogen-bond donors (Lipinski definition) is 0. The van der Waals surface area contributed by atoms with E-state index >= 15 is 0 Å². The normalized spacial score (nSPS) is 20.2. The molecule has 0 spiro atoms. The zero-order chi connectivity index (χ0) is 17.1. The Labute approximate surface area is 142 Å².